The van der Waals surface area contributed by atoms with E-state index in [4.69, 9.17) is 15.7 Å². The van der Waals surface area contributed by atoms with E-state index in [0.29, 0.717) is 18.8 Å². The maximum Gasteiger partial charge on any atom is 0.171 e. The summed E-state index contributed by atoms with van der Waals surface area (Å²) in [7, 11) is 0. The Morgan fingerprint density at radius 2 is 2.37 bits per heavy atom. The van der Waals surface area contributed by atoms with Crippen molar-refractivity contribution in [2.75, 3.05) is 31.3 Å². The summed E-state index contributed by atoms with van der Waals surface area (Å²) >= 11 is 3.40. The third kappa shape index (κ3) is 2.99. The second-order valence-corrected chi connectivity index (χ2v) is 5.11. The highest BCUT2D eigenvalue weighted by Crippen LogP contribution is 2.26. The molecule has 0 saturated carbocycles. The van der Waals surface area contributed by atoms with E-state index in [1.54, 1.807) is 6.07 Å². The topological polar surface area (TPSA) is 91.3 Å². The first kappa shape index (κ1) is 14.1. The molecule has 1 aliphatic heterocycles. The lowest BCUT2D eigenvalue weighted by Crippen LogP contribution is -2.47. The molecule has 1 unspecified atom stereocenters. The van der Waals surface area contributed by atoms with E-state index in [9.17, 15) is 5.11 Å². The number of rotatable bonds is 3. The van der Waals surface area contributed by atoms with Crippen molar-refractivity contribution in [1.29, 1.82) is 0 Å². The van der Waals surface area contributed by atoms with Crippen molar-refractivity contribution < 1.29 is 15.1 Å². The summed E-state index contributed by atoms with van der Waals surface area (Å²) in [5.41, 5.74) is 7.16. The molecule has 4 N–H and O–H groups in total. The molecule has 7 heteroatoms. The highest BCUT2D eigenvalue weighted by molar-refractivity contribution is 9.10. The molecule has 2 rings (SSSR count). The van der Waals surface area contributed by atoms with E-state index in [1.807, 2.05) is 12.1 Å². The Bertz CT molecular complexity index is 481. The molecule has 1 saturated heterocycles. The van der Waals surface area contributed by atoms with Crippen LogP contribution in [0, 0.1) is 0 Å². The van der Waals surface area contributed by atoms with Gasteiger partial charge in [-0.3, -0.25) is 0 Å². The van der Waals surface area contributed by atoms with Crippen LogP contribution in [-0.2, 0) is 4.74 Å². The first-order valence-electron chi connectivity index (χ1n) is 5.90. The van der Waals surface area contributed by atoms with E-state index in [0.717, 1.165) is 16.7 Å². The number of halogens is 1. The Labute approximate surface area is 119 Å². The Hall–Kier alpha value is -1.31. The third-order valence-corrected chi connectivity index (χ3v) is 3.76. The molecular formula is C12H16BrN3O3. The fourth-order valence-corrected chi connectivity index (χ4v) is 2.66. The molecule has 0 bridgehead atoms. The van der Waals surface area contributed by atoms with Crippen LogP contribution in [0.15, 0.2) is 27.8 Å². The van der Waals surface area contributed by atoms with Crippen LogP contribution in [0.3, 0.4) is 0 Å². The molecule has 104 valence electrons. The lowest BCUT2D eigenvalue weighted by atomic mass is 10.1. The second kappa shape index (κ2) is 6.23. The SMILES string of the molecule is N/C(=N/O)c1ccc(N2CCOCC2CO)cc1Br. The van der Waals surface area contributed by atoms with Gasteiger partial charge in [0, 0.05) is 22.3 Å². The van der Waals surface area contributed by atoms with Crippen molar-refractivity contribution in [3.8, 4) is 0 Å². The van der Waals surface area contributed by atoms with Gasteiger partial charge in [-0.05, 0) is 34.1 Å². The predicted octanol–water partition coefficient (Wildman–Crippen LogP) is 0.741. The summed E-state index contributed by atoms with van der Waals surface area (Å²) in [5, 5.41) is 21.0. The Morgan fingerprint density at radius 1 is 1.58 bits per heavy atom. The minimum Gasteiger partial charge on any atom is -0.409 e. The number of benzene rings is 1. The van der Waals surface area contributed by atoms with Gasteiger partial charge in [0.25, 0.3) is 0 Å². The number of nitrogens with zero attached hydrogens (tertiary/aromatic N) is 2. The molecule has 19 heavy (non-hydrogen) atoms. The van der Waals surface area contributed by atoms with Gasteiger partial charge >= 0.3 is 0 Å². The molecular weight excluding hydrogens is 314 g/mol. The van der Waals surface area contributed by atoms with Crippen LogP contribution < -0.4 is 10.6 Å². The number of nitrogens with two attached hydrogens (primary N) is 1. The lowest BCUT2D eigenvalue weighted by molar-refractivity contribution is 0.0727. The average molecular weight is 330 g/mol. The van der Waals surface area contributed by atoms with E-state index < -0.39 is 0 Å². The number of aliphatic hydroxyl groups excluding tert-OH is 1. The van der Waals surface area contributed by atoms with E-state index in [2.05, 4.69) is 26.0 Å². The van der Waals surface area contributed by atoms with Crippen molar-refractivity contribution in [2.24, 2.45) is 10.9 Å². The molecule has 0 aliphatic carbocycles. The molecule has 0 radical (unpaired) electrons. The summed E-state index contributed by atoms with van der Waals surface area (Å²) in [4.78, 5) is 2.09. The first-order chi connectivity index (χ1) is 9.17. The molecule has 0 amide bonds. The Balaban J connectivity index is 2.28. The summed E-state index contributed by atoms with van der Waals surface area (Å²) < 4.78 is 6.09. The number of morpholine rings is 1. The maximum atomic E-state index is 9.37. The Morgan fingerprint density at radius 3 is 3.00 bits per heavy atom. The first-order valence-corrected chi connectivity index (χ1v) is 6.69. The van der Waals surface area contributed by atoms with Gasteiger partial charge in [0.05, 0.1) is 25.9 Å². The number of ether oxygens (including phenoxy) is 1. The molecule has 1 aliphatic rings. The van der Waals surface area contributed by atoms with Crippen molar-refractivity contribution in [3.05, 3.63) is 28.2 Å². The molecule has 6 nitrogen and oxygen atoms in total. The van der Waals surface area contributed by atoms with Crippen LogP contribution >= 0.6 is 15.9 Å². The summed E-state index contributed by atoms with van der Waals surface area (Å²) in [5.74, 6) is 0.0547. The van der Waals surface area contributed by atoms with Crippen LogP contribution in [0.1, 0.15) is 5.56 Å². The van der Waals surface area contributed by atoms with E-state index >= 15 is 0 Å². The number of hydrogen-bond donors (Lipinski definition) is 3. The summed E-state index contributed by atoms with van der Waals surface area (Å²) in [6.45, 7) is 1.91. The predicted molar refractivity (Wildman–Crippen MR) is 75.7 cm³/mol. The highest BCUT2D eigenvalue weighted by atomic mass is 79.9. The van der Waals surface area contributed by atoms with Gasteiger partial charge < -0.3 is 25.7 Å². The molecule has 1 aromatic rings. The fraction of sp³-hybridized carbons (Fsp3) is 0.417. The van der Waals surface area contributed by atoms with Crippen molar-refractivity contribution in [3.63, 3.8) is 0 Å². The molecule has 1 heterocycles. The van der Waals surface area contributed by atoms with Crippen LogP contribution in [-0.4, -0.2) is 48.6 Å². The number of anilines is 1. The minimum absolute atomic E-state index is 0.0413. The van der Waals surface area contributed by atoms with Crippen molar-refractivity contribution >= 4 is 27.5 Å². The largest absolute Gasteiger partial charge is 0.409 e. The number of oxime groups is 1. The molecule has 0 spiro atoms. The van der Waals surface area contributed by atoms with Gasteiger partial charge in [-0.25, -0.2) is 0 Å². The van der Waals surface area contributed by atoms with Gasteiger partial charge in [-0.15, -0.1) is 0 Å². The van der Waals surface area contributed by atoms with Gasteiger partial charge in [0.15, 0.2) is 5.84 Å². The maximum absolute atomic E-state index is 9.37. The quantitative estimate of drug-likeness (QED) is 0.329. The monoisotopic (exact) mass is 329 g/mol. The normalized spacial score (nSPS) is 20.6. The van der Waals surface area contributed by atoms with E-state index in [-0.39, 0.29) is 18.5 Å². The van der Waals surface area contributed by atoms with Crippen LogP contribution in [0.25, 0.3) is 0 Å². The molecule has 1 atom stereocenters. The van der Waals surface area contributed by atoms with Gasteiger partial charge in [-0.1, -0.05) is 5.16 Å². The third-order valence-electron chi connectivity index (χ3n) is 3.11. The van der Waals surface area contributed by atoms with Crippen molar-refractivity contribution in [1.82, 2.24) is 0 Å². The van der Waals surface area contributed by atoms with Gasteiger partial charge in [-0.2, -0.15) is 0 Å². The molecule has 1 fully saturated rings. The summed E-state index contributed by atoms with van der Waals surface area (Å²) in [6, 6.07) is 5.50. The molecule has 0 aromatic heterocycles. The highest BCUT2D eigenvalue weighted by Gasteiger charge is 2.23. The van der Waals surface area contributed by atoms with Crippen LogP contribution in [0.4, 0.5) is 5.69 Å². The van der Waals surface area contributed by atoms with Gasteiger partial charge in [0.1, 0.15) is 0 Å². The van der Waals surface area contributed by atoms with Crippen molar-refractivity contribution in [2.45, 2.75) is 6.04 Å². The smallest absolute Gasteiger partial charge is 0.171 e. The standard InChI is InChI=1S/C12H16BrN3O3/c13-11-5-8(1-2-10(11)12(14)15-18)16-3-4-19-7-9(16)6-17/h1-2,5,9,17-18H,3-4,6-7H2,(H2,14,15). The second-order valence-electron chi connectivity index (χ2n) is 4.25. The average Bonchev–Trinajstić information content (AvgIpc) is 2.46. The minimum atomic E-state index is -0.0460. The summed E-state index contributed by atoms with van der Waals surface area (Å²) in [6.07, 6.45) is 0. The number of amidine groups is 1. The van der Waals surface area contributed by atoms with E-state index in [1.165, 1.54) is 0 Å². The van der Waals surface area contributed by atoms with Gasteiger partial charge in [0.2, 0.25) is 0 Å². The Kier molecular flexibility index (Phi) is 4.62. The number of aliphatic hydroxyl groups is 1. The molecule has 1 aromatic carbocycles. The zero-order chi connectivity index (χ0) is 13.8. The lowest BCUT2D eigenvalue weighted by Gasteiger charge is -2.36. The zero-order valence-electron chi connectivity index (χ0n) is 10.3. The zero-order valence-corrected chi connectivity index (χ0v) is 11.9. The fourth-order valence-electron chi connectivity index (χ4n) is 2.09. The van der Waals surface area contributed by atoms with Crippen LogP contribution in [0.5, 0.6) is 0 Å². The van der Waals surface area contributed by atoms with Crippen LogP contribution in [0.2, 0.25) is 0 Å². The number of hydrogen-bond acceptors (Lipinski definition) is 5.